The number of hydrogen-bond donors (Lipinski definition) is 0. The van der Waals surface area contributed by atoms with Crippen molar-refractivity contribution in [2.75, 3.05) is 4.90 Å². The lowest BCUT2D eigenvalue weighted by atomic mass is 9.99. The van der Waals surface area contributed by atoms with E-state index in [1.54, 1.807) is 0 Å². The maximum atomic E-state index is 6.53. The molecule has 0 radical (unpaired) electrons. The number of anilines is 3. The molecule has 13 aromatic rings. The van der Waals surface area contributed by atoms with Gasteiger partial charge < -0.3 is 13.9 Å². The third kappa shape index (κ3) is 5.88. The monoisotopic (exact) mass is 834 g/mol. The van der Waals surface area contributed by atoms with Crippen molar-refractivity contribution in [3.63, 3.8) is 0 Å². The van der Waals surface area contributed by atoms with Crippen molar-refractivity contribution in [3.05, 3.63) is 231 Å². The number of hydrogen-bond acceptors (Lipinski definition) is 3. The average molecular weight is 835 g/mol. The summed E-state index contributed by atoms with van der Waals surface area (Å²) in [4.78, 5) is 2.39. The maximum Gasteiger partial charge on any atom is 0.143 e. The van der Waals surface area contributed by atoms with E-state index in [9.17, 15) is 0 Å². The van der Waals surface area contributed by atoms with Gasteiger partial charge in [-0.2, -0.15) is 0 Å². The molecule has 0 spiro atoms. The molecule has 64 heavy (non-hydrogen) atoms. The zero-order valence-corrected chi connectivity index (χ0v) is 35.5. The van der Waals surface area contributed by atoms with Crippen molar-refractivity contribution in [2.45, 2.75) is 0 Å². The zero-order chi connectivity index (χ0) is 42.1. The van der Waals surface area contributed by atoms with Crippen LogP contribution < -0.4 is 4.90 Å². The van der Waals surface area contributed by atoms with Gasteiger partial charge in [0.1, 0.15) is 11.2 Å². The predicted molar refractivity (Wildman–Crippen MR) is 272 cm³/mol. The fraction of sp³-hybridized carbons (Fsp3) is 0. The molecule has 4 heteroatoms. The fourth-order valence-electron chi connectivity index (χ4n) is 9.83. The lowest BCUT2D eigenvalue weighted by molar-refractivity contribution is 0.670. The molecular weight excluding hydrogens is 797 g/mol. The molecule has 0 N–H and O–H groups in total. The minimum atomic E-state index is 0.890. The van der Waals surface area contributed by atoms with Gasteiger partial charge in [0, 0.05) is 70.0 Å². The molecule has 3 nitrogen and oxygen atoms in total. The van der Waals surface area contributed by atoms with Gasteiger partial charge >= 0.3 is 0 Å². The van der Waals surface area contributed by atoms with Gasteiger partial charge in [-0.15, -0.1) is 11.3 Å². The third-order valence-corrected chi connectivity index (χ3v) is 13.9. The molecule has 3 heterocycles. The van der Waals surface area contributed by atoms with Crippen LogP contribution in [-0.4, -0.2) is 4.57 Å². The average Bonchev–Trinajstić information content (AvgIpc) is 4.04. The number of para-hydroxylation sites is 3. The topological polar surface area (TPSA) is 21.3 Å². The Morgan fingerprint density at radius 2 is 0.953 bits per heavy atom. The van der Waals surface area contributed by atoms with E-state index in [0.717, 1.165) is 66.9 Å². The van der Waals surface area contributed by atoms with Gasteiger partial charge in [-0.05, 0) is 113 Å². The molecule has 10 aromatic carbocycles. The standard InChI is InChI=1S/C60H38N2OS/c1-3-13-40(14-4-1)48-20-11-21-50-53-37-42(29-36-56(53)63-60(48)50)39-25-30-44(31-26-39)61(45-32-27-41(28-33-45)47-19-12-24-58-59(47)51-18-8-10-23-57(51)64-58)46-34-35-55-52(38-46)49-17-7-9-22-54(49)62(55)43-15-5-2-6-16-43/h1-38H. The van der Waals surface area contributed by atoms with Crippen LogP contribution in [0.15, 0.2) is 235 Å². The van der Waals surface area contributed by atoms with E-state index in [4.69, 9.17) is 4.42 Å². The molecule has 3 aromatic heterocycles. The normalized spacial score (nSPS) is 11.8. The number of aromatic nitrogens is 1. The van der Waals surface area contributed by atoms with Crippen molar-refractivity contribution < 1.29 is 4.42 Å². The van der Waals surface area contributed by atoms with Crippen molar-refractivity contribution >= 4 is 92.3 Å². The first kappa shape index (κ1) is 36.5. The number of rotatable bonds is 7. The molecule has 0 saturated carbocycles. The first-order valence-electron chi connectivity index (χ1n) is 21.7. The Morgan fingerprint density at radius 3 is 1.77 bits per heavy atom. The van der Waals surface area contributed by atoms with E-state index in [0.29, 0.717) is 0 Å². The maximum absolute atomic E-state index is 6.53. The first-order chi connectivity index (χ1) is 31.7. The third-order valence-electron chi connectivity index (χ3n) is 12.8. The van der Waals surface area contributed by atoms with Crippen LogP contribution in [0.25, 0.3) is 103 Å². The van der Waals surface area contributed by atoms with Gasteiger partial charge in [-0.25, -0.2) is 0 Å². The Bertz CT molecular complexity index is 3880. The zero-order valence-electron chi connectivity index (χ0n) is 34.7. The molecule has 0 amide bonds. The molecule has 0 fully saturated rings. The Hall–Kier alpha value is -8.18. The minimum Gasteiger partial charge on any atom is -0.455 e. The van der Waals surface area contributed by atoms with E-state index in [-0.39, 0.29) is 0 Å². The van der Waals surface area contributed by atoms with Crippen LogP contribution in [-0.2, 0) is 0 Å². The molecule has 0 bridgehead atoms. The summed E-state index contributed by atoms with van der Waals surface area (Å²) >= 11 is 1.86. The molecule has 0 aliphatic rings. The summed E-state index contributed by atoms with van der Waals surface area (Å²) in [5.41, 5.74) is 15.6. The second-order valence-corrected chi connectivity index (χ2v) is 17.5. The first-order valence-corrected chi connectivity index (χ1v) is 22.6. The van der Waals surface area contributed by atoms with Gasteiger partial charge in [0.15, 0.2) is 0 Å². The summed E-state index contributed by atoms with van der Waals surface area (Å²) in [5.74, 6) is 0. The van der Waals surface area contributed by atoms with Crippen molar-refractivity contribution in [3.8, 4) is 39.1 Å². The van der Waals surface area contributed by atoms with Gasteiger partial charge in [-0.1, -0.05) is 146 Å². The molecule has 0 aliphatic heterocycles. The van der Waals surface area contributed by atoms with E-state index in [1.807, 2.05) is 17.4 Å². The second kappa shape index (κ2) is 14.7. The lowest BCUT2D eigenvalue weighted by Gasteiger charge is -2.26. The summed E-state index contributed by atoms with van der Waals surface area (Å²) in [6.07, 6.45) is 0. The highest BCUT2D eigenvalue weighted by atomic mass is 32.1. The highest BCUT2D eigenvalue weighted by Gasteiger charge is 2.19. The van der Waals surface area contributed by atoms with Crippen LogP contribution in [0.3, 0.4) is 0 Å². The molecule has 300 valence electrons. The number of furan rings is 1. The number of thiophene rings is 1. The summed E-state index contributed by atoms with van der Waals surface area (Å²) < 4.78 is 11.5. The van der Waals surface area contributed by atoms with Crippen molar-refractivity contribution in [2.24, 2.45) is 0 Å². The molecule has 0 aliphatic carbocycles. The molecule has 13 rings (SSSR count). The predicted octanol–water partition coefficient (Wildman–Crippen LogP) is 17.5. The number of benzene rings is 10. The fourth-order valence-corrected chi connectivity index (χ4v) is 11.0. The van der Waals surface area contributed by atoms with E-state index >= 15 is 0 Å². The van der Waals surface area contributed by atoms with Crippen LogP contribution >= 0.6 is 11.3 Å². The lowest BCUT2D eigenvalue weighted by Crippen LogP contribution is -2.10. The Labute approximate surface area is 373 Å². The Morgan fingerprint density at radius 1 is 0.359 bits per heavy atom. The van der Waals surface area contributed by atoms with E-state index in [1.165, 1.54) is 53.1 Å². The summed E-state index contributed by atoms with van der Waals surface area (Å²) in [6.45, 7) is 0. The van der Waals surface area contributed by atoms with Gasteiger partial charge in [0.05, 0.1) is 11.0 Å². The van der Waals surface area contributed by atoms with Crippen molar-refractivity contribution in [1.82, 2.24) is 4.57 Å². The van der Waals surface area contributed by atoms with Gasteiger partial charge in [-0.3, -0.25) is 0 Å². The van der Waals surface area contributed by atoms with Crippen LogP contribution in [0.4, 0.5) is 17.1 Å². The minimum absolute atomic E-state index is 0.890. The Balaban J connectivity index is 0.935. The molecule has 0 atom stereocenters. The summed E-state index contributed by atoms with van der Waals surface area (Å²) in [7, 11) is 0. The van der Waals surface area contributed by atoms with E-state index < -0.39 is 0 Å². The molecule has 0 saturated heterocycles. The molecule has 0 unspecified atom stereocenters. The van der Waals surface area contributed by atoms with Crippen LogP contribution in [0, 0.1) is 0 Å². The van der Waals surface area contributed by atoms with Gasteiger partial charge in [0.25, 0.3) is 0 Å². The Kier molecular flexibility index (Phi) is 8.40. The van der Waals surface area contributed by atoms with Crippen molar-refractivity contribution in [1.29, 1.82) is 0 Å². The highest BCUT2D eigenvalue weighted by molar-refractivity contribution is 7.25. The number of fused-ring (bicyclic) bond motifs is 9. The van der Waals surface area contributed by atoms with Crippen LogP contribution in [0.5, 0.6) is 0 Å². The van der Waals surface area contributed by atoms with Gasteiger partial charge in [0.2, 0.25) is 0 Å². The number of nitrogens with zero attached hydrogens (tertiary/aromatic N) is 2. The molecular formula is C60H38N2OS. The van der Waals surface area contributed by atoms with Crippen LogP contribution in [0.2, 0.25) is 0 Å². The van der Waals surface area contributed by atoms with E-state index in [2.05, 4.69) is 234 Å². The summed E-state index contributed by atoms with van der Waals surface area (Å²) in [5, 5.41) is 7.30. The smallest absolute Gasteiger partial charge is 0.143 e. The highest BCUT2D eigenvalue weighted by Crippen LogP contribution is 2.44. The van der Waals surface area contributed by atoms with Crippen LogP contribution in [0.1, 0.15) is 0 Å². The quantitative estimate of drug-likeness (QED) is 0.159. The largest absolute Gasteiger partial charge is 0.455 e. The summed E-state index contributed by atoms with van der Waals surface area (Å²) in [6, 6.07) is 83.3. The SMILES string of the molecule is c1ccc(-c2cccc3c2oc2ccc(-c4ccc(N(c5ccc(-c6cccc7sc8ccccc8c67)cc5)c5ccc6c(c5)c5ccccc5n6-c5ccccc5)cc4)cc23)cc1. The second-order valence-electron chi connectivity index (χ2n) is 16.5.